The number of aromatic nitrogens is 2. The molecular formula is C28H28N4O5S2. The Morgan fingerprint density at radius 2 is 1.85 bits per heavy atom. The predicted molar refractivity (Wildman–Crippen MR) is 154 cm³/mol. The first-order valence-electron chi connectivity index (χ1n) is 12.4. The molecule has 0 fully saturated rings. The standard InChI is InChI=1S/C28H28N4O5S2/c1-35-20-14-13-17(24(36-2)25(20)37-3)15-29-31-22(33)16-38-28-30-26-23(19-11-7-8-12-21(19)39-26)27(34)32(28)18-9-5-4-6-10-18/h4-6,9-10,13-15H,7-8,11-12,16H2,1-3H3,(H,31,33)/b29-15-. The molecule has 5 rings (SSSR count). The number of hydrazone groups is 1. The summed E-state index contributed by atoms with van der Waals surface area (Å²) in [5.41, 5.74) is 4.91. The highest BCUT2D eigenvalue weighted by Gasteiger charge is 2.23. The first-order chi connectivity index (χ1) is 19.0. The minimum Gasteiger partial charge on any atom is -0.493 e. The monoisotopic (exact) mass is 564 g/mol. The Bertz CT molecular complexity index is 1600. The van der Waals surface area contributed by atoms with E-state index >= 15 is 0 Å². The van der Waals surface area contributed by atoms with Gasteiger partial charge in [0.25, 0.3) is 11.5 Å². The molecule has 1 amide bonds. The molecule has 2 heterocycles. The maximum atomic E-state index is 13.8. The molecule has 1 aliphatic carbocycles. The van der Waals surface area contributed by atoms with E-state index in [2.05, 4.69) is 10.5 Å². The molecule has 2 aromatic heterocycles. The number of nitrogens with one attached hydrogen (secondary N) is 1. The highest BCUT2D eigenvalue weighted by Crippen LogP contribution is 2.39. The first-order valence-corrected chi connectivity index (χ1v) is 14.2. The predicted octanol–water partition coefficient (Wildman–Crippen LogP) is 4.59. The molecule has 11 heteroatoms. The van der Waals surface area contributed by atoms with Crippen LogP contribution in [-0.2, 0) is 17.6 Å². The Balaban J connectivity index is 1.38. The van der Waals surface area contributed by atoms with Crippen LogP contribution in [0.25, 0.3) is 15.9 Å². The maximum Gasteiger partial charge on any atom is 0.267 e. The van der Waals surface area contributed by atoms with Crippen LogP contribution < -0.4 is 25.2 Å². The third kappa shape index (κ3) is 5.37. The molecule has 4 aromatic rings. The van der Waals surface area contributed by atoms with Crippen molar-refractivity contribution < 1.29 is 19.0 Å². The molecule has 0 radical (unpaired) electrons. The third-order valence-electron chi connectivity index (χ3n) is 6.43. The average molecular weight is 565 g/mol. The number of fused-ring (bicyclic) bond motifs is 3. The lowest BCUT2D eigenvalue weighted by molar-refractivity contribution is -0.118. The number of carbonyl (C=O) groups excluding carboxylic acids is 1. The normalized spacial score (nSPS) is 12.9. The van der Waals surface area contributed by atoms with Crippen molar-refractivity contribution in [3.05, 3.63) is 68.8 Å². The van der Waals surface area contributed by atoms with Gasteiger partial charge in [0.1, 0.15) is 4.83 Å². The van der Waals surface area contributed by atoms with Crippen molar-refractivity contribution in [2.24, 2.45) is 5.10 Å². The number of rotatable bonds is 9. The van der Waals surface area contributed by atoms with Gasteiger partial charge in [-0.05, 0) is 55.5 Å². The van der Waals surface area contributed by atoms with Crippen molar-refractivity contribution in [1.82, 2.24) is 15.0 Å². The van der Waals surface area contributed by atoms with E-state index in [1.54, 1.807) is 35.1 Å². The quantitative estimate of drug-likeness (QED) is 0.137. The Kier molecular flexibility index (Phi) is 8.18. The SMILES string of the molecule is COc1ccc(/C=N\NC(=O)CSc2nc3sc4c(c3c(=O)n2-c2ccccc2)CCCC4)c(OC)c1OC. The van der Waals surface area contributed by atoms with Crippen molar-refractivity contribution in [3.8, 4) is 22.9 Å². The Morgan fingerprint density at radius 3 is 2.59 bits per heavy atom. The number of para-hydroxylation sites is 1. The minimum atomic E-state index is -0.338. The van der Waals surface area contributed by atoms with E-state index in [1.165, 1.54) is 37.1 Å². The van der Waals surface area contributed by atoms with Crippen LogP contribution in [0.2, 0.25) is 0 Å². The zero-order valence-corrected chi connectivity index (χ0v) is 23.5. The number of aryl methyl sites for hydroxylation is 2. The molecule has 0 atom stereocenters. The molecule has 39 heavy (non-hydrogen) atoms. The number of amides is 1. The van der Waals surface area contributed by atoms with Gasteiger partial charge in [-0.25, -0.2) is 10.4 Å². The number of carbonyl (C=O) groups is 1. The number of nitrogens with zero attached hydrogens (tertiary/aromatic N) is 3. The van der Waals surface area contributed by atoms with Gasteiger partial charge in [-0.15, -0.1) is 11.3 Å². The number of thiophene rings is 1. The summed E-state index contributed by atoms with van der Waals surface area (Å²) < 4.78 is 17.8. The number of hydrogen-bond donors (Lipinski definition) is 1. The number of methoxy groups -OCH3 is 3. The number of thioether (sulfide) groups is 1. The molecule has 202 valence electrons. The van der Waals surface area contributed by atoms with Crippen molar-refractivity contribution in [3.63, 3.8) is 0 Å². The number of hydrogen-bond acceptors (Lipinski definition) is 9. The lowest BCUT2D eigenvalue weighted by atomic mass is 9.97. The van der Waals surface area contributed by atoms with Gasteiger partial charge in [0.05, 0.1) is 44.4 Å². The summed E-state index contributed by atoms with van der Waals surface area (Å²) in [6, 6.07) is 12.9. The summed E-state index contributed by atoms with van der Waals surface area (Å²) in [6.07, 6.45) is 5.57. The van der Waals surface area contributed by atoms with Crippen molar-refractivity contribution >= 4 is 45.4 Å². The average Bonchev–Trinajstić information content (AvgIpc) is 3.34. The Hall–Kier alpha value is -3.83. The van der Waals surface area contributed by atoms with E-state index in [-0.39, 0.29) is 17.2 Å². The van der Waals surface area contributed by atoms with Crippen LogP contribution in [0.3, 0.4) is 0 Å². The zero-order valence-electron chi connectivity index (χ0n) is 21.9. The van der Waals surface area contributed by atoms with Gasteiger partial charge in [0, 0.05) is 10.4 Å². The number of benzene rings is 2. The fourth-order valence-corrected chi connectivity index (χ4v) is 6.76. The second-order valence-electron chi connectivity index (χ2n) is 8.77. The highest BCUT2D eigenvalue weighted by molar-refractivity contribution is 7.99. The number of ether oxygens (including phenoxy) is 3. The van der Waals surface area contributed by atoms with Crippen LogP contribution in [0, 0.1) is 0 Å². The van der Waals surface area contributed by atoms with Gasteiger partial charge < -0.3 is 14.2 Å². The lowest BCUT2D eigenvalue weighted by Crippen LogP contribution is -2.24. The third-order valence-corrected chi connectivity index (χ3v) is 8.56. The lowest BCUT2D eigenvalue weighted by Gasteiger charge is -2.14. The van der Waals surface area contributed by atoms with E-state index < -0.39 is 0 Å². The fraction of sp³-hybridized carbons (Fsp3) is 0.286. The Labute approximate surface area is 233 Å². The van der Waals surface area contributed by atoms with Crippen LogP contribution in [0.4, 0.5) is 0 Å². The van der Waals surface area contributed by atoms with Crippen LogP contribution in [0.5, 0.6) is 17.2 Å². The van der Waals surface area contributed by atoms with Gasteiger partial charge in [0.2, 0.25) is 5.75 Å². The molecular weight excluding hydrogens is 536 g/mol. The van der Waals surface area contributed by atoms with Gasteiger partial charge in [0.15, 0.2) is 16.7 Å². The summed E-state index contributed by atoms with van der Waals surface area (Å²) in [5.74, 6) is 1.08. The molecule has 1 N–H and O–H groups in total. The van der Waals surface area contributed by atoms with Crippen molar-refractivity contribution in [1.29, 1.82) is 0 Å². The summed E-state index contributed by atoms with van der Waals surface area (Å²) in [7, 11) is 4.58. The summed E-state index contributed by atoms with van der Waals surface area (Å²) in [5, 5.41) is 5.26. The van der Waals surface area contributed by atoms with Crippen LogP contribution in [-0.4, -0.2) is 48.8 Å². The van der Waals surface area contributed by atoms with E-state index in [9.17, 15) is 9.59 Å². The van der Waals surface area contributed by atoms with E-state index in [4.69, 9.17) is 19.2 Å². The molecule has 0 saturated heterocycles. The molecule has 1 aliphatic rings. The van der Waals surface area contributed by atoms with Gasteiger partial charge in [-0.2, -0.15) is 5.10 Å². The molecule has 0 bridgehead atoms. The van der Waals surface area contributed by atoms with Gasteiger partial charge in [-0.1, -0.05) is 30.0 Å². The molecule has 0 aliphatic heterocycles. The van der Waals surface area contributed by atoms with Crippen LogP contribution in [0.1, 0.15) is 28.8 Å². The summed E-state index contributed by atoms with van der Waals surface area (Å²) in [4.78, 5) is 33.3. The Morgan fingerprint density at radius 1 is 1.08 bits per heavy atom. The maximum absolute atomic E-state index is 13.8. The van der Waals surface area contributed by atoms with Crippen LogP contribution >= 0.6 is 23.1 Å². The molecule has 0 unspecified atom stereocenters. The van der Waals surface area contributed by atoms with Crippen LogP contribution in [0.15, 0.2) is 57.5 Å². The summed E-state index contributed by atoms with van der Waals surface area (Å²) in [6.45, 7) is 0. The second-order valence-corrected chi connectivity index (χ2v) is 10.8. The smallest absolute Gasteiger partial charge is 0.267 e. The molecule has 9 nitrogen and oxygen atoms in total. The van der Waals surface area contributed by atoms with E-state index in [1.807, 2.05) is 30.3 Å². The molecule has 0 saturated carbocycles. The summed E-state index contributed by atoms with van der Waals surface area (Å²) >= 11 is 2.80. The molecule has 2 aromatic carbocycles. The largest absolute Gasteiger partial charge is 0.493 e. The topological polar surface area (TPSA) is 104 Å². The molecule has 0 spiro atoms. The second kappa shape index (κ2) is 11.9. The van der Waals surface area contributed by atoms with E-state index in [0.29, 0.717) is 39.0 Å². The van der Waals surface area contributed by atoms with Gasteiger partial charge >= 0.3 is 0 Å². The minimum absolute atomic E-state index is 0.0241. The first kappa shape index (κ1) is 26.8. The zero-order chi connectivity index (χ0) is 27.4. The highest BCUT2D eigenvalue weighted by atomic mass is 32.2. The van der Waals surface area contributed by atoms with Gasteiger partial charge in [-0.3, -0.25) is 14.2 Å². The van der Waals surface area contributed by atoms with E-state index in [0.717, 1.165) is 36.1 Å². The van der Waals surface area contributed by atoms with Crippen molar-refractivity contribution in [2.45, 2.75) is 30.8 Å². The fourth-order valence-electron chi connectivity index (χ4n) is 4.65. The van der Waals surface area contributed by atoms with Crippen molar-refractivity contribution in [2.75, 3.05) is 27.1 Å².